The minimum Gasteiger partial charge on any atom is -0.481 e. The Hall–Kier alpha value is -0.610. The Morgan fingerprint density at radius 1 is 1.32 bits per heavy atom. The van der Waals surface area contributed by atoms with Crippen LogP contribution in [0, 0.1) is 0 Å². The van der Waals surface area contributed by atoms with Crippen LogP contribution in [0.15, 0.2) is 0 Å². The predicted molar refractivity (Wildman–Crippen MR) is 76.3 cm³/mol. The van der Waals surface area contributed by atoms with Crippen LogP contribution < -0.4 is 5.32 Å². The Balaban J connectivity index is 2.64. The summed E-state index contributed by atoms with van der Waals surface area (Å²) >= 11 is 0. The lowest BCUT2D eigenvalue weighted by Gasteiger charge is -2.47. The number of carboxylic acids is 1. The van der Waals surface area contributed by atoms with Crippen molar-refractivity contribution in [1.82, 2.24) is 5.32 Å². The zero-order valence-electron chi connectivity index (χ0n) is 13.0. The first-order valence-electron chi connectivity index (χ1n) is 7.30. The van der Waals surface area contributed by atoms with Crippen LogP contribution >= 0.6 is 0 Å². The molecule has 1 saturated heterocycles. The summed E-state index contributed by atoms with van der Waals surface area (Å²) < 4.78 is 6.09. The van der Waals surface area contributed by atoms with Gasteiger partial charge in [0.2, 0.25) is 0 Å². The zero-order valence-corrected chi connectivity index (χ0v) is 13.0. The van der Waals surface area contributed by atoms with Crippen molar-refractivity contribution in [3.05, 3.63) is 0 Å². The van der Waals surface area contributed by atoms with Gasteiger partial charge in [-0.3, -0.25) is 4.79 Å². The summed E-state index contributed by atoms with van der Waals surface area (Å²) in [5.41, 5.74) is 0.0683. The molecule has 1 aliphatic rings. The molecule has 1 fully saturated rings. The van der Waals surface area contributed by atoms with Crippen molar-refractivity contribution >= 4 is 5.97 Å². The fourth-order valence-corrected chi connectivity index (χ4v) is 3.33. The number of piperidine rings is 1. The maximum absolute atomic E-state index is 10.9. The van der Waals surface area contributed by atoms with E-state index in [0.29, 0.717) is 0 Å². The van der Waals surface area contributed by atoms with E-state index in [-0.39, 0.29) is 29.7 Å². The maximum atomic E-state index is 10.9. The van der Waals surface area contributed by atoms with Crippen molar-refractivity contribution < 1.29 is 14.6 Å². The van der Waals surface area contributed by atoms with E-state index in [9.17, 15) is 4.79 Å². The summed E-state index contributed by atoms with van der Waals surface area (Å²) in [7, 11) is 0. The molecule has 0 bridgehead atoms. The number of carboxylic acid groups (broad SMARTS) is 1. The van der Waals surface area contributed by atoms with Crippen LogP contribution in [-0.2, 0) is 9.53 Å². The average molecular weight is 271 g/mol. The second-order valence-corrected chi connectivity index (χ2v) is 7.07. The number of hydrogen-bond donors (Lipinski definition) is 2. The van der Waals surface area contributed by atoms with Gasteiger partial charge in [-0.15, -0.1) is 0 Å². The van der Waals surface area contributed by atoms with Crippen molar-refractivity contribution in [3.8, 4) is 0 Å². The van der Waals surface area contributed by atoms with Crippen molar-refractivity contribution in [2.45, 2.75) is 90.0 Å². The van der Waals surface area contributed by atoms with Gasteiger partial charge in [0.25, 0.3) is 0 Å². The van der Waals surface area contributed by atoms with Crippen LogP contribution in [0.3, 0.4) is 0 Å². The van der Waals surface area contributed by atoms with Crippen LogP contribution in [0.5, 0.6) is 0 Å². The average Bonchev–Trinajstić information content (AvgIpc) is 2.10. The van der Waals surface area contributed by atoms with Crippen molar-refractivity contribution in [1.29, 1.82) is 0 Å². The molecule has 0 radical (unpaired) electrons. The van der Waals surface area contributed by atoms with E-state index in [0.717, 1.165) is 25.7 Å². The van der Waals surface area contributed by atoms with E-state index >= 15 is 0 Å². The Morgan fingerprint density at radius 2 is 1.84 bits per heavy atom. The first kappa shape index (κ1) is 16.4. The SMILES string of the molecule is CCCC(CC(=O)O)OC1CC(C)(C)NC(C)(C)C1. The number of hydrogen-bond acceptors (Lipinski definition) is 3. The topological polar surface area (TPSA) is 58.6 Å². The molecule has 0 aromatic carbocycles. The van der Waals surface area contributed by atoms with Crippen molar-refractivity contribution in [3.63, 3.8) is 0 Å². The molecular formula is C15H29NO3. The molecule has 0 spiro atoms. The molecule has 0 saturated carbocycles. The third kappa shape index (κ3) is 5.91. The van der Waals surface area contributed by atoms with Gasteiger partial charge in [-0.2, -0.15) is 0 Å². The lowest BCUT2D eigenvalue weighted by atomic mass is 9.81. The lowest BCUT2D eigenvalue weighted by Crippen LogP contribution is -2.59. The summed E-state index contributed by atoms with van der Waals surface area (Å²) in [6.45, 7) is 10.8. The highest BCUT2D eigenvalue weighted by atomic mass is 16.5. The molecule has 4 heteroatoms. The summed E-state index contributed by atoms with van der Waals surface area (Å²) in [4.78, 5) is 10.9. The largest absolute Gasteiger partial charge is 0.481 e. The number of ether oxygens (including phenoxy) is 1. The number of carbonyl (C=O) groups is 1. The number of rotatable bonds is 6. The van der Waals surface area contributed by atoms with E-state index in [4.69, 9.17) is 9.84 Å². The normalized spacial score (nSPS) is 24.1. The number of aliphatic carboxylic acids is 1. The van der Waals surface area contributed by atoms with E-state index < -0.39 is 5.97 Å². The van der Waals surface area contributed by atoms with Gasteiger partial charge < -0.3 is 15.2 Å². The molecule has 112 valence electrons. The molecule has 19 heavy (non-hydrogen) atoms. The van der Waals surface area contributed by atoms with Crippen LogP contribution in [-0.4, -0.2) is 34.4 Å². The second kappa shape index (κ2) is 6.23. The summed E-state index contributed by atoms with van der Waals surface area (Å²) in [6, 6.07) is 0. The van der Waals surface area contributed by atoms with Gasteiger partial charge in [0, 0.05) is 11.1 Å². The quantitative estimate of drug-likeness (QED) is 0.780. The van der Waals surface area contributed by atoms with E-state index in [1.165, 1.54) is 0 Å². The molecule has 1 rings (SSSR count). The van der Waals surface area contributed by atoms with Crippen LogP contribution in [0.1, 0.15) is 66.7 Å². The second-order valence-electron chi connectivity index (χ2n) is 7.07. The van der Waals surface area contributed by atoms with Crippen molar-refractivity contribution in [2.75, 3.05) is 0 Å². The third-order valence-electron chi connectivity index (χ3n) is 3.55. The van der Waals surface area contributed by atoms with Gasteiger partial charge in [-0.05, 0) is 47.0 Å². The van der Waals surface area contributed by atoms with Crippen molar-refractivity contribution in [2.24, 2.45) is 0 Å². The lowest BCUT2D eigenvalue weighted by molar-refractivity contribution is -0.143. The molecular weight excluding hydrogens is 242 g/mol. The Labute approximate surface area is 116 Å². The Morgan fingerprint density at radius 3 is 2.26 bits per heavy atom. The first-order valence-corrected chi connectivity index (χ1v) is 7.30. The Bertz CT molecular complexity index is 297. The minimum absolute atomic E-state index is 0.0341. The van der Waals surface area contributed by atoms with E-state index in [1.54, 1.807) is 0 Å². The van der Waals surface area contributed by atoms with Gasteiger partial charge >= 0.3 is 5.97 Å². The van der Waals surface area contributed by atoms with Crippen LogP contribution in [0.25, 0.3) is 0 Å². The third-order valence-corrected chi connectivity index (χ3v) is 3.55. The van der Waals surface area contributed by atoms with Gasteiger partial charge in [-0.1, -0.05) is 13.3 Å². The van der Waals surface area contributed by atoms with Gasteiger partial charge in [0.1, 0.15) is 0 Å². The highest BCUT2D eigenvalue weighted by Crippen LogP contribution is 2.31. The molecule has 0 amide bonds. The molecule has 4 nitrogen and oxygen atoms in total. The highest BCUT2D eigenvalue weighted by Gasteiger charge is 2.39. The molecule has 2 N–H and O–H groups in total. The van der Waals surface area contributed by atoms with E-state index in [2.05, 4.69) is 39.9 Å². The van der Waals surface area contributed by atoms with Crippen LogP contribution in [0.4, 0.5) is 0 Å². The smallest absolute Gasteiger partial charge is 0.305 e. The molecule has 0 aromatic heterocycles. The summed E-state index contributed by atoms with van der Waals surface area (Å²) in [6.07, 6.45) is 3.72. The molecule has 1 heterocycles. The molecule has 0 aliphatic carbocycles. The molecule has 1 unspecified atom stereocenters. The fourth-order valence-electron chi connectivity index (χ4n) is 3.33. The first-order chi connectivity index (χ1) is 8.63. The number of nitrogens with one attached hydrogen (secondary N) is 1. The summed E-state index contributed by atoms with van der Waals surface area (Å²) in [5, 5.41) is 12.6. The van der Waals surface area contributed by atoms with Gasteiger partial charge in [0.05, 0.1) is 18.6 Å². The molecule has 0 aromatic rings. The fraction of sp³-hybridized carbons (Fsp3) is 0.933. The monoisotopic (exact) mass is 271 g/mol. The van der Waals surface area contributed by atoms with Crippen LogP contribution in [0.2, 0.25) is 0 Å². The predicted octanol–water partition coefficient (Wildman–Crippen LogP) is 2.96. The minimum atomic E-state index is -0.772. The van der Waals surface area contributed by atoms with Gasteiger partial charge in [-0.25, -0.2) is 0 Å². The standard InChI is InChI=1S/C15H29NO3/c1-6-7-11(8-13(17)18)19-12-9-14(2,3)16-15(4,5)10-12/h11-12,16H,6-10H2,1-5H3,(H,17,18). The molecule has 1 atom stereocenters. The van der Waals surface area contributed by atoms with Gasteiger partial charge in [0.15, 0.2) is 0 Å². The Kier molecular flexibility index (Phi) is 5.39. The maximum Gasteiger partial charge on any atom is 0.305 e. The summed E-state index contributed by atoms with van der Waals surface area (Å²) in [5.74, 6) is -0.772. The zero-order chi connectivity index (χ0) is 14.7. The van der Waals surface area contributed by atoms with E-state index in [1.807, 2.05) is 0 Å². The molecule has 1 aliphatic heterocycles. The highest BCUT2D eigenvalue weighted by molar-refractivity contribution is 5.67.